The van der Waals surface area contributed by atoms with Crippen molar-refractivity contribution in [1.29, 1.82) is 0 Å². The molecule has 1 saturated heterocycles. The lowest BCUT2D eigenvalue weighted by Crippen LogP contribution is -3.11. The summed E-state index contributed by atoms with van der Waals surface area (Å²) in [6.45, 7) is 6.37. The van der Waals surface area contributed by atoms with Crippen molar-refractivity contribution in [3.8, 4) is 0 Å². The normalized spacial score (nSPS) is 15.9. The van der Waals surface area contributed by atoms with Crippen molar-refractivity contribution in [1.82, 2.24) is 10.6 Å². The van der Waals surface area contributed by atoms with E-state index in [0.717, 1.165) is 18.8 Å². The second-order valence-corrected chi connectivity index (χ2v) is 7.24. The number of hydrogen-bond acceptors (Lipinski definition) is 3. The predicted octanol–water partition coefficient (Wildman–Crippen LogP) is 0.113. The average molecular weight is 347 g/mol. The van der Waals surface area contributed by atoms with Crippen LogP contribution in [0.3, 0.4) is 0 Å². The number of quaternary nitrogens is 1. The smallest absolute Gasteiger partial charge is 0.309 e. The molecule has 25 heavy (non-hydrogen) atoms. The summed E-state index contributed by atoms with van der Waals surface area (Å²) in [5, 5.41) is 5.45. The summed E-state index contributed by atoms with van der Waals surface area (Å²) in [5.41, 5.74) is 2.35. The zero-order valence-corrected chi connectivity index (χ0v) is 15.8. The molecule has 1 atom stereocenters. The molecule has 6 heteroatoms. The van der Waals surface area contributed by atoms with E-state index in [1.807, 2.05) is 27.9 Å². The van der Waals surface area contributed by atoms with Crippen molar-refractivity contribution in [2.24, 2.45) is 0 Å². The van der Waals surface area contributed by atoms with Gasteiger partial charge >= 0.3 is 11.8 Å². The topological polar surface area (TPSA) is 65.9 Å². The van der Waals surface area contributed by atoms with Crippen LogP contribution in [-0.4, -0.2) is 51.6 Å². The lowest BCUT2D eigenvalue weighted by Gasteiger charge is -2.26. The lowest BCUT2D eigenvalue weighted by atomic mass is 10.0. The third-order valence-corrected chi connectivity index (χ3v) is 4.64. The van der Waals surface area contributed by atoms with Crippen molar-refractivity contribution in [2.45, 2.75) is 38.8 Å². The minimum Gasteiger partial charge on any atom is -0.378 e. The fourth-order valence-corrected chi connectivity index (χ4v) is 3.28. The van der Waals surface area contributed by atoms with Gasteiger partial charge in [0.25, 0.3) is 0 Å². The van der Waals surface area contributed by atoms with Crippen molar-refractivity contribution < 1.29 is 14.5 Å². The highest BCUT2D eigenvalue weighted by atomic mass is 16.2. The zero-order valence-electron chi connectivity index (χ0n) is 15.8. The van der Waals surface area contributed by atoms with Crippen LogP contribution in [-0.2, 0) is 9.59 Å². The van der Waals surface area contributed by atoms with Gasteiger partial charge in [0.2, 0.25) is 0 Å². The van der Waals surface area contributed by atoms with Crippen LogP contribution in [0, 0.1) is 0 Å². The highest BCUT2D eigenvalue weighted by molar-refractivity contribution is 6.35. The fraction of sp³-hybridized carbons (Fsp3) is 0.579. The van der Waals surface area contributed by atoms with E-state index in [-0.39, 0.29) is 12.1 Å². The molecule has 1 fully saturated rings. The number of carbonyl (C=O) groups is 2. The molecule has 3 N–H and O–H groups in total. The largest absolute Gasteiger partial charge is 0.378 e. The van der Waals surface area contributed by atoms with E-state index in [4.69, 9.17) is 0 Å². The molecule has 1 aromatic carbocycles. The SMILES string of the molecule is CC(C)NC(=O)C(=O)NC[C@@H](c1ccc(N(C)C)cc1)[NH+]1CCCC1. The maximum absolute atomic E-state index is 12.0. The van der Waals surface area contributed by atoms with E-state index >= 15 is 0 Å². The molecule has 0 radical (unpaired) electrons. The van der Waals surface area contributed by atoms with Gasteiger partial charge in [-0.3, -0.25) is 9.59 Å². The molecule has 0 spiro atoms. The summed E-state index contributed by atoms with van der Waals surface area (Å²) < 4.78 is 0. The third kappa shape index (κ3) is 5.46. The first-order valence-electron chi connectivity index (χ1n) is 9.09. The second-order valence-electron chi connectivity index (χ2n) is 7.24. The van der Waals surface area contributed by atoms with Gasteiger partial charge < -0.3 is 20.4 Å². The number of anilines is 1. The van der Waals surface area contributed by atoms with E-state index < -0.39 is 11.8 Å². The Morgan fingerprint density at radius 3 is 2.20 bits per heavy atom. The summed E-state index contributed by atoms with van der Waals surface area (Å²) >= 11 is 0. The van der Waals surface area contributed by atoms with Gasteiger partial charge in [-0.05, 0) is 26.0 Å². The Labute approximate surface area is 150 Å². The Kier molecular flexibility index (Phi) is 6.82. The molecule has 2 amide bonds. The molecular weight excluding hydrogens is 316 g/mol. The summed E-state index contributed by atoms with van der Waals surface area (Å²) in [7, 11) is 4.04. The Hall–Kier alpha value is -2.08. The molecule has 1 aliphatic heterocycles. The number of amides is 2. The number of benzene rings is 1. The van der Waals surface area contributed by atoms with E-state index in [2.05, 4.69) is 39.8 Å². The fourth-order valence-electron chi connectivity index (χ4n) is 3.28. The predicted molar refractivity (Wildman–Crippen MR) is 99.7 cm³/mol. The van der Waals surface area contributed by atoms with Crippen LogP contribution < -0.4 is 20.4 Å². The Balaban J connectivity index is 2.06. The Morgan fingerprint density at radius 2 is 1.68 bits per heavy atom. The van der Waals surface area contributed by atoms with Crippen LogP contribution in [0.25, 0.3) is 0 Å². The van der Waals surface area contributed by atoms with E-state index in [0.29, 0.717) is 6.54 Å². The average Bonchev–Trinajstić information content (AvgIpc) is 3.09. The molecule has 6 nitrogen and oxygen atoms in total. The molecular formula is C19H31N4O2+. The molecule has 1 aromatic rings. The van der Waals surface area contributed by atoms with Gasteiger partial charge in [-0.25, -0.2) is 0 Å². The van der Waals surface area contributed by atoms with E-state index in [9.17, 15) is 9.59 Å². The second kappa shape index (κ2) is 8.85. The molecule has 1 aliphatic rings. The summed E-state index contributed by atoms with van der Waals surface area (Å²) in [6.07, 6.45) is 2.42. The zero-order chi connectivity index (χ0) is 18.4. The van der Waals surface area contributed by atoms with Crippen LogP contribution in [0.5, 0.6) is 0 Å². The van der Waals surface area contributed by atoms with E-state index in [1.165, 1.54) is 23.3 Å². The van der Waals surface area contributed by atoms with Crippen LogP contribution in [0.2, 0.25) is 0 Å². The number of nitrogens with one attached hydrogen (secondary N) is 3. The first kappa shape index (κ1) is 19.2. The van der Waals surface area contributed by atoms with E-state index in [1.54, 1.807) is 0 Å². The van der Waals surface area contributed by atoms with Gasteiger partial charge in [0.05, 0.1) is 19.6 Å². The number of nitrogens with zero attached hydrogens (tertiary/aromatic N) is 1. The van der Waals surface area contributed by atoms with Crippen molar-refractivity contribution >= 4 is 17.5 Å². The van der Waals surface area contributed by atoms with Gasteiger partial charge in [-0.2, -0.15) is 0 Å². The van der Waals surface area contributed by atoms with Crippen LogP contribution in [0.15, 0.2) is 24.3 Å². The van der Waals surface area contributed by atoms with Gasteiger partial charge in [-0.1, -0.05) is 12.1 Å². The lowest BCUT2D eigenvalue weighted by molar-refractivity contribution is -0.918. The highest BCUT2D eigenvalue weighted by Crippen LogP contribution is 2.17. The molecule has 0 bridgehead atoms. The monoisotopic (exact) mass is 347 g/mol. The maximum atomic E-state index is 12.0. The highest BCUT2D eigenvalue weighted by Gasteiger charge is 2.28. The summed E-state index contributed by atoms with van der Waals surface area (Å²) in [6, 6.07) is 8.60. The first-order valence-corrected chi connectivity index (χ1v) is 9.09. The minimum absolute atomic E-state index is 0.0446. The standard InChI is InChI=1S/C19H30N4O2/c1-14(2)21-19(25)18(24)20-13-17(23-11-5-6-12-23)15-7-9-16(10-8-15)22(3)4/h7-10,14,17H,5-6,11-13H2,1-4H3,(H,20,24)(H,21,25)/p+1/t17-/m0/s1. The molecule has 0 unspecified atom stereocenters. The molecule has 0 saturated carbocycles. The van der Waals surface area contributed by atoms with Crippen molar-refractivity contribution in [3.05, 3.63) is 29.8 Å². The minimum atomic E-state index is -0.562. The third-order valence-electron chi connectivity index (χ3n) is 4.64. The quantitative estimate of drug-likeness (QED) is 0.640. The maximum Gasteiger partial charge on any atom is 0.309 e. The van der Waals surface area contributed by atoms with Gasteiger partial charge in [-0.15, -0.1) is 0 Å². The molecule has 1 heterocycles. The summed E-state index contributed by atoms with van der Waals surface area (Å²) in [4.78, 5) is 27.4. The van der Waals surface area contributed by atoms with Crippen LogP contribution in [0.4, 0.5) is 5.69 Å². The Bertz CT molecular complexity index is 578. The number of likely N-dealkylation sites (tertiary alicyclic amines) is 1. The molecule has 0 aromatic heterocycles. The van der Waals surface area contributed by atoms with Gasteiger partial charge in [0.1, 0.15) is 6.04 Å². The molecule has 2 rings (SSSR count). The van der Waals surface area contributed by atoms with Crippen LogP contribution >= 0.6 is 0 Å². The van der Waals surface area contributed by atoms with Crippen LogP contribution in [0.1, 0.15) is 38.3 Å². The number of hydrogen-bond donors (Lipinski definition) is 3. The molecule has 0 aliphatic carbocycles. The van der Waals surface area contributed by atoms with Gasteiger partial charge in [0, 0.05) is 44.2 Å². The van der Waals surface area contributed by atoms with Gasteiger partial charge in [0.15, 0.2) is 0 Å². The summed E-state index contributed by atoms with van der Waals surface area (Å²) in [5.74, 6) is -1.12. The first-order chi connectivity index (χ1) is 11.9. The number of carbonyl (C=O) groups excluding carboxylic acids is 2. The van der Waals surface area contributed by atoms with Crippen molar-refractivity contribution in [2.75, 3.05) is 38.6 Å². The Morgan fingerprint density at radius 1 is 1.08 bits per heavy atom. The van der Waals surface area contributed by atoms with Crippen molar-refractivity contribution in [3.63, 3.8) is 0 Å². The molecule has 138 valence electrons. The number of rotatable bonds is 6.